The number of aromatic amines is 1. The lowest BCUT2D eigenvalue weighted by atomic mass is 9.98. The van der Waals surface area contributed by atoms with Gasteiger partial charge in [-0.15, -0.1) is 0 Å². The van der Waals surface area contributed by atoms with Crippen LogP contribution in [0, 0.1) is 0 Å². The smallest absolute Gasteiger partial charge is 0.335 e. The zero-order valence-corrected chi connectivity index (χ0v) is 20.0. The van der Waals surface area contributed by atoms with Crippen molar-refractivity contribution in [1.82, 2.24) is 10.2 Å². The van der Waals surface area contributed by atoms with E-state index in [2.05, 4.69) is 15.5 Å². The third-order valence-electron chi connectivity index (χ3n) is 5.76. The van der Waals surface area contributed by atoms with Gasteiger partial charge in [0.1, 0.15) is 11.9 Å². The molecule has 0 fully saturated rings. The maximum absolute atomic E-state index is 12.9. The van der Waals surface area contributed by atoms with Crippen molar-refractivity contribution in [3.8, 4) is 17.0 Å². The van der Waals surface area contributed by atoms with E-state index >= 15 is 0 Å². The van der Waals surface area contributed by atoms with E-state index in [1.165, 1.54) is 12.1 Å². The number of aromatic nitrogens is 2. The van der Waals surface area contributed by atoms with Gasteiger partial charge in [0.05, 0.1) is 24.5 Å². The first-order chi connectivity index (χ1) is 17.4. The average molecular weight is 486 g/mol. The van der Waals surface area contributed by atoms with Crippen molar-refractivity contribution in [2.75, 3.05) is 12.4 Å². The molecule has 0 aliphatic rings. The summed E-state index contributed by atoms with van der Waals surface area (Å²) in [6.07, 6.45) is 1.05. The number of amides is 1. The minimum Gasteiger partial charge on any atom is -0.497 e. The number of ether oxygens (including phenoxy) is 2. The van der Waals surface area contributed by atoms with Crippen LogP contribution < -0.4 is 10.1 Å². The number of carbonyl (C=O) groups is 2. The monoisotopic (exact) mass is 485 g/mol. The van der Waals surface area contributed by atoms with Gasteiger partial charge in [-0.25, -0.2) is 4.79 Å². The second-order valence-corrected chi connectivity index (χ2v) is 8.25. The fraction of sp³-hybridized carbons (Fsp3) is 0.179. The molecule has 8 nitrogen and oxygen atoms in total. The van der Waals surface area contributed by atoms with Gasteiger partial charge in [0.25, 0.3) is 5.91 Å². The predicted octanol–water partition coefficient (Wildman–Crippen LogP) is 5.11. The Morgan fingerprint density at radius 1 is 1.03 bits per heavy atom. The first-order valence-electron chi connectivity index (χ1n) is 11.5. The molecule has 0 spiro atoms. The Morgan fingerprint density at radius 3 is 2.47 bits per heavy atom. The average Bonchev–Trinajstić information content (AvgIpc) is 3.39. The van der Waals surface area contributed by atoms with Crippen LogP contribution in [0.3, 0.4) is 0 Å². The Kier molecular flexibility index (Phi) is 7.77. The standard InChI is InChI=1S/C28H27N3O5/c1-18(27(32)30-22-13-11-20(12-14-22)28(33)34)36-25(15-19-7-4-3-5-8-19)24-17-29-31-26(24)21-9-6-10-23(16-21)35-2/h3-14,16-18,25H,15H2,1-2H3,(H,29,31)(H,30,32)(H,33,34). The summed E-state index contributed by atoms with van der Waals surface area (Å²) >= 11 is 0. The quantitative estimate of drug-likeness (QED) is 0.288. The van der Waals surface area contributed by atoms with E-state index in [0.29, 0.717) is 23.6 Å². The van der Waals surface area contributed by atoms with Crippen molar-refractivity contribution in [2.45, 2.75) is 25.6 Å². The molecule has 1 aromatic heterocycles. The summed E-state index contributed by atoms with van der Waals surface area (Å²) in [6, 6.07) is 23.5. The molecule has 3 N–H and O–H groups in total. The van der Waals surface area contributed by atoms with E-state index in [9.17, 15) is 9.59 Å². The number of benzene rings is 3. The van der Waals surface area contributed by atoms with Crippen LogP contribution in [-0.4, -0.2) is 40.4 Å². The van der Waals surface area contributed by atoms with Gasteiger partial charge >= 0.3 is 5.97 Å². The summed E-state index contributed by atoms with van der Waals surface area (Å²) < 4.78 is 11.7. The van der Waals surface area contributed by atoms with Gasteiger partial charge in [-0.2, -0.15) is 5.10 Å². The number of carbonyl (C=O) groups excluding carboxylic acids is 1. The van der Waals surface area contributed by atoms with Crippen LogP contribution >= 0.6 is 0 Å². The van der Waals surface area contributed by atoms with Crippen LogP contribution in [0.25, 0.3) is 11.3 Å². The Hall–Kier alpha value is -4.43. The number of nitrogens with one attached hydrogen (secondary N) is 2. The van der Waals surface area contributed by atoms with Gasteiger partial charge in [0.2, 0.25) is 0 Å². The molecular weight excluding hydrogens is 458 g/mol. The number of anilines is 1. The lowest BCUT2D eigenvalue weighted by Crippen LogP contribution is -2.30. The predicted molar refractivity (Wildman–Crippen MR) is 136 cm³/mol. The number of hydrogen-bond donors (Lipinski definition) is 3. The summed E-state index contributed by atoms with van der Waals surface area (Å²) in [4.78, 5) is 24.0. The van der Waals surface area contributed by atoms with E-state index in [4.69, 9.17) is 14.6 Å². The summed E-state index contributed by atoms with van der Waals surface area (Å²) in [5.74, 6) is -0.661. The highest BCUT2D eigenvalue weighted by atomic mass is 16.5. The number of nitrogens with zero attached hydrogens (tertiary/aromatic N) is 1. The molecule has 0 radical (unpaired) electrons. The molecule has 0 saturated carbocycles. The van der Waals surface area contributed by atoms with Gasteiger partial charge in [0, 0.05) is 29.4 Å². The van der Waals surface area contributed by atoms with Crippen LogP contribution in [0.4, 0.5) is 5.69 Å². The summed E-state index contributed by atoms with van der Waals surface area (Å²) in [6.45, 7) is 1.68. The zero-order valence-electron chi connectivity index (χ0n) is 20.0. The molecule has 0 saturated heterocycles. The van der Waals surface area contributed by atoms with Crippen LogP contribution in [0.15, 0.2) is 85.1 Å². The Balaban J connectivity index is 1.57. The number of rotatable bonds is 10. The number of H-pyrrole nitrogens is 1. The third-order valence-corrected chi connectivity index (χ3v) is 5.76. The summed E-state index contributed by atoms with van der Waals surface area (Å²) in [5, 5.41) is 19.3. The first-order valence-corrected chi connectivity index (χ1v) is 11.5. The molecule has 1 heterocycles. The van der Waals surface area contributed by atoms with Crippen LogP contribution in [0.1, 0.15) is 34.5 Å². The van der Waals surface area contributed by atoms with Crippen molar-refractivity contribution in [1.29, 1.82) is 0 Å². The molecular formula is C28H27N3O5. The highest BCUT2D eigenvalue weighted by Gasteiger charge is 2.25. The number of carboxylic acid groups (broad SMARTS) is 1. The van der Waals surface area contributed by atoms with Gasteiger partial charge in [-0.3, -0.25) is 9.89 Å². The fourth-order valence-electron chi connectivity index (χ4n) is 3.85. The van der Waals surface area contributed by atoms with Gasteiger partial charge in [-0.05, 0) is 48.9 Å². The lowest BCUT2D eigenvalue weighted by molar-refractivity contribution is -0.130. The number of methoxy groups -OCH3 is 1. The van der Waals surface area contributed by atoms with Crippen molar-refractivity contribution >= 4 is 17.6 Å². The minimum atomic E-state index is -1.03. The van der Waals surface area contributed by atoms with Gasteiger partial charge in [0.15, 0.2) is 0 Å². The van der Waals surface area contributed by atoms with Crippen LogP contribution in [0.5, 0.6) is 5.75 Å². The molecule has 2 atom stereocenters. The molecule has 184 valence electrons. The summed E-state index contributed by atoms with van der Waals surface area (Å²) in [7, 11) is 1.61. The van der Waals surface area contributed by atoms with E-state index in [-0.39, 0.29) is 11.5 Å². The Bertz CT molecular complexity index is 1320. The van der Waals surface area contributed by atoms with E-state index in [1.54, 1.807) is 32.4 Å². The topological polar surface area (TPSA) is 114 Å². The van der Waals surface area contributed by atoms with Crippen molar-refractivity contribution in [3.05, 3.63) is 102 Å². The SMILES string of the molecule is COc1cccc(-c2n[nH]cc2C(Cc2ccccc2)OC(C)C(=O)Nc2ccc(C(=O)O)cc2)c1. The number of hydrogen-bond acceptors (Lipinski definition) is 5. The summed E-state index contributed by atoms with van der Waals surface area (Å²) in [5.41, 5.74) is 4.08. The van der Waals surface area contributed by atoms with Crippen molar-refractivity contribution in [2.24, 2.45) is 0 Å². The van der Waals surface area contributed by atoms with Gasteiger partial charge < -0.3 is 19.9 Å². The zero-order chi connectivity index (χ0) is 25.5. The molecule has 2 unspecified atom stereocenters. The third kappa shape index (κ3) is 5.97. The maximum atomic E-state index is 12.9. The molecule has 1 amide bonds. The van der Waals surface area contributed by atoms with Crippen LogP contribution in [-0.2, 0) is 16.0 Å². The molecule has 3 aromatic carbocycles. The molecule has 0 bridgehead atoms. The molecule has 4 rings (SSSR count). The van der Waals surface area contributed by atoms with Crippen LogP contribution in [0.2, 0.25) is 0 Å². The molecule has 0 aliphatic heterocycles. The largest absolute Gasteiger partial charge is 0.497 e. The van der Waals surface area contributed by atoms with E-state index in [0.717, 1.165) is 16.7 Å². The van der Waals surface area contributed by atoms with Gasteiger partial charge in [-0.1, -0.05) is 42.5 Å². The molecule has 36 heavy (non-hydrogen) atoms. The molecule has 8 heteroatoms. The lowest BCUT2D eigenvalue weighted by Gasteiger charge is -2.23. The molecule has 0 aliphatic carbocycles. The van der Waals surface area contributed by atoms with E-state index in [1.807, 2.05) is 54.6 Å². The number of aromatic carboxylic acids is 1. The normalized spacial score (nSPS) is 12.5. The number of carboxylic acids is 1. The second-order valence-electron chi connectivity index (χ2n) is 8.25. The van der Waals surface area contributed by atoms with Crippen molar-refractivity contribution in [3.63, 3.8) is 0 Å². The van der Waals surface area contributed by atoms with Crippen molar-refractivity contribution < 1.29 is 24.2 Å². The maximum Gasteiger partial charge on any atom is 0.335 e. The Labute approximate surface area is 208 Å². The first kappa shape index (κ1) is 24.7. The highest BCUT2D eigenvalue weighted by Crippen LogP contribution is 2.33. The minimum absolute atomic E-state index is 0.144. The molecule has 4 aromatic rings. The fourth-order valence-corrected chi connectivity index (χ4v) is 3.85. The highest BCUT2D eigenvalue weighted by molar-refractivity contribution is 5.94. The second kappa shape index (κ2) is 11.3. The Morgan fingerprint density at radius 2 is 1.78 bits per heavy atom. The van der Waals surface area contributed by atoms with E-state index < -0.39 is 18.2 Å².